The molecule has 0 unspecified atom stereocenters. The van der Waals surface area contributed by atoms with Crippen molar-refractivity contribution < 1.29 is 0 Å². The third kappa shape index (κ3) is 2.84. The quantitative estimate of drug-likeness (QED) is 0.577. The molecule has 0 aliphatic carbocycles. The van der Waals surface area contributed by atoms with Gasteiger partial charge in [-0.3, -0.25) is 4.90 Å². The van der Waals surface area contributed by atoms with Crippen molar-refractivity contribution >= 4 is 0 Å². The molecule has 1 aliphatic rings. The van der Waals surface area contributed by atoms with Crippen LogP contribution in [-0.4, -0.2) is 36.6 Å². The highest BCUT2D eigenvalue weighted by molar-refractivity contribution is 5.00. The van der Waals surface area contributed by atoms with Crippen molar-refractivity contribution in [2.45, 2.75) is 26.3 Å². The third-order valence-electron chi connectivity index (χ3n) is 2.13. The van der Waals surface area contributed by atoms with E-state index in [9.17, 15) is 0 Å². The fourth-order valence-electron chi connectivity index (χ4n) is 1.57. The van der Waals surface area contributed by atoms with Crippen molar-refractivity contribution in [2.24, 2.45) is 0 Å². The van der Waals surface area contributed by atoms with Gasteiger partial charge in [-0.05, 0) is 20.8 Å². The summed E-state index contributed by atoms with van der Waals surface area (Å²) in [7, 11) is 0. The van der Waals surface area contributed by atoms with Gasteiger partial charge in [-0.15, -0.1) is 5.92 Å². The summed E-state index contributed by atoms with van der Waals surface area (Å²) in [6, 6.07) is 0. The zero-order chi connectivity index (χ0) is 9.03. The standard InChI is InChI=1S/C10H18N2/c1-4-5-7-12-8-6-11-10(2,3)9-12/h11H,6-9H2,1-3H3. The van der Waals surface area contributed by atoms with Crippen molar-refractivity contribution in [3.05, 3.63) is 0 Å². The molecule has 0 aromatic heterocycles. The first kappa shape index (κ1) is 9.57. The summed E-state index contributed by atoms with van der Waals surface area (Å²) in [6.45, 7) is 10.6. The summed E-state index contributed by atoms with van der Waals surface area (Å²) in [5.74, 6) is 6.03. The molecular formula is C10H18N2. The molecule has 1 N–H and O–H groups in total. The van der Waals surface area contributed by atoms with Crippen LogP contribution in [0.4, 0.5) is 0 Å². The van der Waals surface area contributed by atoms with E-state index in [1.54, 1.807) is 0 Å². The van der Waals surface area contributed by atoms with Crippen LogP contribution < -0.4 is 5.32 Å². The number of piperazine rings is 1. The Morgan fingerprint density at radius 3 is 2.83 bits per heavy atom. The number of nitrogens with one attached hydrogen (secondary N) is 1. The van der Waals surface area contributed by atoms with Crippen LogP contribution in [0.15, 0.2) is 0 Å². The molecule has 1 heterocycles. The maximum absolute atomic E-state index is 3.47. The van der Waals surface area contributed by atoms with E-state index in [1.165, 1.54) is 0 Å². The van der Waals surface area contributed by atoms with Gasteiger partial charge in [-0.1, -0.05) is 5.92 Å². The lowest BCUT2D eigenvalue weighted by molar-refractivity contribution is 0.171. The summed E-state index contributed by atoms with van der Waals surface area (Å²) in [5, 5.41) is 3.47. The normalized spacial score (nSPS) is 22.9. The van der Waals surface area contributed by atoms with Gasteiger partial charge in [-0.2, -0.15) is 0 Å². The molecule has 2 heteroatoms. The van der Waals surface area contributed by atoms with Crippen molar-refractivity contribution in [2.75, 3.05) is 26.2 Å². The first-order chi connectivity index (χ1) is 5.64. The minimum atomic E-state index is 0.258. The molecule has 0 radical (unpaired) electrons. The van der Waals surface area contributed by atoms with Gasteiger partial charge in [0.1, 0.15) is 0 Å². The van der Waals surface area contributed by atoms with Gasteiger partial charge in [0.15, 0.2) is 0 Å². The van der Waals surface area contributed by atoms with Crippen LogP contribution in [0.3, 0.4) is 0 Å². The molecule has 0 bridgehead atoms. The van der Waals surface area contributed by atoms with Gasteiger partial charge in [0.05, 0.1) is 6.54 Å². The van der Waals surface area contributed by atoms with E-state index in [0.29, 0.717) is 0 Å². The molecule has 0 aromatic carbocycles. The minimum absolute atomic E-state index is 0.258. The SMILES string of the molecule is CC#CCN1CCNC(C)(C)C1. The van der Waals surface area contributed by atoms with Crippen LogP contribution in [0.5, 0.6) is 0 Å². The molecule has 1 rings (SSSR count). The van der Waals surface area contributed by atoms with E-state index in [-0.39, 0.29) is 5.54 Å². The molecule has 68 valence electrons. The summed E-state index contributed by atoms with van der Waals surface area (Å²) in [5.41, 5.74) is 0.258. The van der Waals surface area contributed by atoms with Gasteiger partial charge in [0, 0.05) is 25.2 Å². The van der Waals surface area contributed by atoms with Crippen molar-refractivity contribution in [1.82, 2.24) is 10.2 Å². The zero-order valence-corrected chi connectivity index (χ0v) is 8.28. The van der Waals surface area contributed by atoms with Crippen LogP contribution in [0.25, 0.3) is 0 Å². The lowest BCUT2D eigenvalue weighted by atomic mass is 10.0. The Labute approximate surface area is 75.3 Å². The highest BCUT2D eigenvalue weighted by Crippen LogP contribution is 2.08. The molecule has 0 amide bonds. The summed E-state index contributed by atoms with van der Waals surface area (Å²) in [6.07, 6.45) is 0. The molecule has 1 aliphatic heterocycles. The molecule has 1 saturated heterocycles. The average Bonchev–Trinajstić information content (AvgIpc) is 1.99. The molecule has 0 spiro atoms. The average molecular weight is 166 g/mol. The number of hydrogen-bond acceptors (Lipinski definition) is 2. The monoisotopic (exact) mass is 166 g/mol. The predicted octanol–water partition coefficient (Wildman–Crippen LogP) is 0.694. The molecule has 1 fully saturated rings. The van der Waals surface area contributed by atoms with Crippen LogP contribution in [0, 0.1) is 11.8 Å². The van der Waals surface area contributed by atoms with E-state index in [1.807, 2.05) is 6.92 Å². The maximum atomic E-state index is 3.47. The highest BCUT2D eigenvalue weighted by atomic mass is 15.2. The van der Waals surface area contributed by atoms with Gasteiger partial charge >= 0.3 is 0 Å². The second-order valence-electron chi connectivity index (χ2n) is 3.95. The largest absolute Gasteiger partial charge is 0.309 e. The van der Waals surface area contributed by atoms with Crippen LogP contribution in [-0.2, 0) is 0 Å². The Bertz CT molecular complexity index is 198. The molecule has 0 atom stereocenters. The molecule has 2 nitrogen and oxygen atoms in total. The zero-order valence-electron chi connectivity index (χ0n) is 8.28. The molecule has 0 aromatic rings. The van der Waals surface area contributed by atoms with Crippen LogP contribution >= 0.6 is 0 Å². The summed E-state index contributed by atoms with van der Waals surface area (Å²) >= 11 is 0. The Hall–Kier alpha value is -0.520. The van der Waals surface area contributed by atoms with Crippen molar-refractivity contribution in [1.29, 1.82) is 0 Å². The molecule has 0 saturated carbocycles. The van der Waals surface area contributed by atoms with Crippen LogP contribution in [0.2, 0.25) is 0 Å². The fraction of sp³-hybridized carbons (Fsp3) is 0.800. The second-order valence-corrected chi connectivity index (χ2v) is 3.95. The number of nitrogens with zero attached hydrogens (tertiary/aromatic N) is 1. The fourth-order valence-corrected chi connectivity index (χ4v) is 1.57. The minimum Gasteiger partial charge on any atom is -0.309 e. The van der Waals surface area contributed by atoms with E-state index in [0.717, 1.165) is 26.2 Å². The van der Waals surface area contributed by atoms with Crippen molar-refractivity contribution in [3.63, 3.8) is 0 Å². The first-order valence-corrected chi connectivity index (χ1v) is 4.51. The summed E-state index contributed by atoms with van der Waals surface area (Å²) in [4.78, 5) is 2.40. The van der Waals surface area contributed by atoms with Crippen molar-refractivity contribution in [3.8, 4) is 11.8 Å². The summed E-state index contributed by atoms with van der Waals surface area (Å²) < 4.78 is 0. The Morgan fingerprint density at radius 2 is 2.25 bits per heavy atom. The second kappa shape index (κ2) is 3.93. The van der Waals surface area contributed by atoms with E-state index >= 15 is 0 Å². The third-order valence-corrected chi connectivity index (χ3v) is 2.13. The van der Waals surface area contributed by atoms with Gasteiger partial charge in [-0.25, -0.2) is 0 Å². The smallest absolute Gasteiger partial charge is 0.0602 e. The van der Waals surface area contributed by atoms with E-state index in [2.05, 4.69) is 35.9 Å². The maximum Gasteiger partial charge on any atom is 0.0602 e. The number of hydrogen-bond donors (Lipinski definition) is 1. The first-order valence-electron chi connectivity index (χ1n) is 4.51. The lowest BCUT2D eigenvalue weighted by Crippen LogP contribution is -2.56. The van der Waals surface area contributed by atoms with E-state index in [4.69, 9.17) is 0 Å². The number of rotatable bonds is 1. The van der Waals surface area contributed by atoms with E-state index < -0.39 is 0 Å². The lowest BCUT2D eigenvalue weighted by Gasteiger charge is -2.38. The predicted molar refractivity (Wildman–Crippen MR) is 52.0 cm³/mol. The Kier molecular flexibility index (Phi) is 3.13. The topological polar surface area (TPSA) is 15.3 Å². The van der Waals surface area contributed by atoms with Gasteiger partial charge in [0.25, 0.3) is 0 Å². The molecule has 12 heavy (non-hydrogen) atoms. The molecular weight excluding hydrogens is 148 g/mol. The Balaban J connectivity index is 2.39. The Morgan fingerprint density at radius 1 is 1.50 bits per heavy atom. The van der Waals surface area contributed by atoms with Gasteiger partial charge < -0.3 is 5.32 Å². The van der Waals surface area contributed by atoms with Gasteiger partial charge in [0.2, 0.25) is 0 Å². The highest BCUT2D eigenvalue weighted by Gasteiger charge is 2.24. The van der Waals surface area contributed by atoms with Crippen LogP contribution in [0.1, 0.15) is 20.8 Å².